The number of amides is 6. The number of allylic oxidation sites excluding steroid dienone is 5. The van der Waals surface area contributed by atoms with Crippen LogP contribution in [0.2, 0.25) is 0 Å². The van der Waals surface area contributed by atoms with E-state index in [9.17, 15) is 28.8 Å². The van der Waals surface area contributed by atoms with Crippen molar-refractivity contribution in [2.45, 2.75) is 142 Å². The number of hydrogen-bond donors (Lipinski definition) is 6. The van der Waals surface area contributed by atoms with Gasteiger partial charge in [0, 0.05) is 81.2 Å². The lowest BCUT2D eigenvalue weighted by Crippen LogP contribution is -2.41. The first-order valence-corrected chi connectivity index (χ1v) is 41.9. The van der Waals surface area contributed by atoms with Gasteiger partial charge >= 0.3 is 0 Å². The third-order valence-electron chi connectivity index (χ3n) is 22.4. The van der Waals surface area contributed by atoms with Crippen LogP contribution in [0.1, 0.15) is 164 Å². The number of likely N-dealkylation sites (N-methyl/N-ethyl adjacent to an activating group) is 6. The van der Waals surface area contributed by atoms with Crippen LogP contribution in [0.3, 0.4) is 0 Å². The zero-order valence-electron chi connectivity index (χ0n) is 69.8. The van der Waals surface area contributed by atoms with Crippen LogP contribution in [-0.2, 0) is 93.5 Å². The van der Waals surface area contributed by atoms with E-state index in [0.717, 1.165) is 123 Å². The molecule has 0 saturated heterocycles. The van der Waals surface area contributed by atoms with Gasteiger partial charge in [0.15, 0.2) is 5.89 Å². The molecule has 6 atom stereocenters. The second-order valence-corrected chi connectivity index (χ2v) is 33.5. The number of carbonyl (C=O) groups is 6. The number of oxazole rings is 1. The molecule has 6 amide bonds. The summed E-state index contributed by atoms with van der Waals surface area (Å²) in [4.78, 5) is 96.2. The average Bonchev–Trinajstić information content (AvgIpc) is 2.41. The highest BCUT2D eigenvalue weighted by atomic mass is 32.1. The van der Waals surface area contributed by atoms with Crippen molar-refractivity contribution >= 4 is 58.1 Å². The summed E-state index contributed by atoms with van der Waals surface area (Å²) in [6.45, 7) is 19.8. The number of fused-ring (bicyclic) bond motifs is 6. The highest BCUT2D eigenvalue weighted by molar-refractivity contribution is 7.11. The van der Waals surface area contributed by atoms with E-state index in [1.54, 1.807) is 125 Å². The summed E-state index contributed by atoms with van der Waals surface area (Å²) in [5.41, 5.74) is 10.9. The zero-order chi connectivity index (χ0) is 84.8. The van der Waals surface area contributed by atoms with Crippen molar-refractivity contribution in [2.75, 3.05) is 94.6 Å². The first kappa shape index (κ1) is 86.6. The molecule has 10 aromatic rings. The molecule has 120 heavy (non-hydrogen) atoms. The first-order chi connectivity index (χ1) is 58.0. The van der Waals surface area contributed by atoms with Crippen molar-refractivity contribution in [3.05, 3.63) is 246 Å². The summed E-state index contributed by atoms with van der Waals surface area (Å²) in [6, 6.07) is 9.18. The number of carbonyl (C=O) groups excluding carboxylic acids is 6. The van der Waals surface area contributed by atoms with E-state index in [1.807, 2.05) is 64.2 Å². The predicted octanol–water partition coefficient (Wildman–Crippen LogP) is 9.69. The number of hydrogen-bond acceptors (Lipinski definition) is 28. The maximum atomic E-state index is 12.8. The van der Waals surface area contributed by atoms with Crippen molar-refractivity contribution in [1.29, 1.82) is 0 Å². The Kier molecular flexibility index (Phi) is 28.4. The van der Waals surface area contributed by atoms with Crippen molar-refractivity contribution in [3.63, 3.8) is 0 Å². The highest BCUT2D eigenvalue weighted by Crippen LogP contribution is 2.37. The maximum Gasteiger partial charge on any atom is 0.248 e. The first-order valence-electron chi connectivity index (χ1n) is 40.3. The summed E-state index contributed by atoms with van der Waals surface area (Å²) in [5.74, 6) is 6.37. The van der Waals surface area contributed by atoms with Crippen LogP contribution in [0, 0.1) is 24.7 Å². The summed E-state index contributed by atoms with van der Waals surface area (Å²) >= 11 is 3.10. The molecule has 0 spiro atoms. The number of rotatable bonds is 18. The van der Waals surface area contributed by atoms with E-state index < -0.39 is 24.2 Å². The lowest BCUT2D eigenvalue weighted by atomic mass is 9.87. The largest absolute Gasteiger partial charge is 0.467 e. The van der Waals surface area contributed by atoms with Gasteiger partial charge in [-0.2, -0.15) is 0 Å². The van der Waals surface area contributed by atoms with Crippen LogP contribution in [0.25, 0.3) is 0 Å². The van der Waals surface area contributed by atoms with Crippen molar-refractivity contribution in [3.8, 4) is 0 Å². The number of nitrogens with zero attached hydrogens (tertiary/aromatic N) is 12. The van der Waals surface area contributed by atoms with Gasteiger partial charge in [0.25, 0.3) is 0 Å². The Hall–Kier alpha value is -11.2. The lowest BCUT2D eigenvalue weighted by Gasteiger charge is -2.29. The zero-order valence-corrected chi connectivity index (χ0v) is 71.4. The van der Waals surface area contributed by atoms with Crippen molar-refractivity contribution in [2.24, 2.45) is 10.8 Å². The van der Waals surface area contributed by atoms with Gasteiger partial charge in [-0.15, -0.1) is 43.1 Å². The fourth-order valence-electron chi connectivity index (χ4n) is 15.9. The number of aryl methyl sites for hydroxylation is 2. The van der Waals surface area contributed by atoms with Crippen LogP contribution in [0.5, 0.6) is 0 Å². The Morgan fingerprint density at radius 1 is 0.442 bits per heavy atom. The topological polar surface area (TPSA) is 376 Å². The van der Waals surface area contributed by atoms with E-state index in [0.29, 0.717) is 94.5 Å². The number of aromatic nitrogens is 6. The smallest absolute Gasteiger partial charge is 0.248 e. The molecule has 18 rings (SSSR count). The monoisotopic (exact) mass is 1680 g/mol. The third kappa shape index (κ3) is 20.3. The summed E-state index contributed by atoms with van der Waals surface area (Å²) in [7, 11) is 10.7. The molecule has 8 aliphatic rings. The molecule has 32 nitrogen and oxygen atoms in total. The molecule has 6 N–H and O–H groups in total. The minimum atomic E-state index is -0.463. The molecular formula is C86H106N18O14S2. The van der Waals surface area contributed by atoms with Crippen LogP contribution in [-0.4, -0.2) is 190 Å². The van der Waals surface area contributed by atoms with E-state index >= 15 is 0 Å². The SMILES string of the molecule is CNC1C(=O)N(CC2=CC(C)(C)C=C2)CCc2ccoc21.CNC1C(=O)N(CC2=CC=CC2(C)C)CCc2ccoc21.CNC1C(=O)N(Cc2cnc(C)o2)CCc2ccoc21.CNC1C(=O)N(Cc2cnc(C)s2)CCc2ccoc21.CNC1C(=O)N(Cc2nnco2)CCc2ccoc21.CNC1C(=O)N(Cc2nncs2)CCc2ccoc21. The number of thiazole rings is 1. The van der Waals surface area contributed by atoms with Gasteiger partial charge in [-0.3, -0.25) is 28.8 Å². The van der Waals surface area contributed by atoms with E-state index in [4.69, 9.17) is 35.3 Å². The van der Waals surface area contributed by atoms with Gasteiger partial charge in [-0.05, 0) is 169 Å². The Morgan fingerprint density at radius 2 is 0.833 bits per heavy atom. The van der Waals surface area contributed by atoms with E-state index in [2.05, 4.69) is 126 Å². The van der Waals surface area contributed by atoms with Gasteiger partial charge in [0.2, 0.25) is 47.7 Å². The molecule has 0 fully saturated rings. The maximum absolute atomic E-state index is 12.8. The molecule has 6 aliphatic heterocycles. The van der Waals surface area contributed by atoms with Gasteiger partial charge in [-0.1, -0.05) is 64.2 Å². The fourth-order valence-corrected chi connectivity index (χ4v) is 17.2. The molecule has 34 heteroatoms. The molecule has 6 unspecified atom stereocenters. The molecule has 636 valence electrons. The van der Waals surface area contributed by atoms with Gasteiger partial charge in [0.05, 0.1) is 75.0 Å². The van der Waals surface area contributed by atoms with Gasteiger partial charge < -0.3 is 96.6 Å². The Morgan fingerprint density at radius 3 is 1.16 bits per heavy atom. The summed E-state index contributed by atoms with van der Waals surface area (Å²) < 4.78 is 43.5. The Bertz CT molecular complexity index is 5030. The average molecular weight is 1680 g/mol. The summed E-state index contributed by atoms with van der Waals surface area (Å²) in [5, 5.41) is 35.4. The van der Waals surface area contributed by atoms with Crippen molar-refractivity contribution < 1.29 is 64.1 Å². The van der Waals surface area contributed by atoms with Crippen molar-refractivity contribution in [1.82, 2.24) is 91.7 Å². The molecule has 16 heterocycles. The fraction of sp³-hybridized carbons (Fsp3) is 0.442. The number of furan rings is 6. The lowest BCUT2D eigenvalue weighted by molar-refractivity contribution is -0.135. The van der Waals surface area contributed by atoms with Crippen LogP contribution in [0.15, 0.2) is 181 Å². The second kappa shape index (κ2) is 39.3. The van der Waals surface area contributed by atoms with Crippen LogP contribution < -0.4 is 31.9 Å². The quantitative estimate of drug-likeness (QED) is 0.0465. The van der Waals surface area contributed by atoms with Gasteiger partial charge in [-0.25, -0.2) is 9.97 Å². The van der Waals surface area contributed by atoms with Crippen LogP contribution >= 0.6 is 22.7 Å². The Labute approximate surface area is 704 Å². The second-order valence-electron chi connectivity index (χ2n) is 31.3. The number of nitrogens with one attached hydrogen (secondary N) is 6. The standard InChI is InChI=1S/2C17H22N2O2.C14H17N3O3.C14H17N3O2S.C12H14N4O3.C12H14N4O2S/c1-17(2)7-4-12(10-17)11-19-8-5-13-6-9-21-15(13)14(18-3)16(19)20;1-17(2)8-4-5-13(17)11-19-9-6-12-7-10-21-15(12)14(18-3)16(19)20;2*1-9-16-7-11(20-9)8-17-5-3-10-4-6-19-13(10)12(15-2)14(17)18;2*1-13-10-11-8(3-5-18-11)2-4-16(12(10)17)6-9-15-14-7-19-9/h4,6-7,9-10,14,18H,5,8,11H2,1-3H3;4-5,7-8,10,14,18H,6,9,11H2,1-3H3;2*4,6-7,12,15H,3,5,8H2,1-2H3;2*3,5,7,10,13H,2,4,6H2,1H3. The Balaban J connectivity index is 0.000000125. The third-order valence-corrected chi connectivity index (χ3v) is 24.0. The molecule has 0 bridgehead atoms. The normalized spacial score (nSPS) is 20.8. The predicted molar refractivity (Wildman–Crippen MR) is 444 cm³/mol. The molecular weight excluding hydrogens is 1570 g/mol. The van der Waals surface area contributed by atoms with Gasteiger partial charge in [0.1, 0.15) is 87.1 Å². The molecule has 0 aromatic carbocycles. The van der Waals surface area contributed by atoms with Crippen LogP contribution in [0.4, 0.5) is 0 Å². The molecule has 0 saturated carbocycles. The van der Waals surface area contributed by atoms with E-state index in [1.165, 1.54) is 28.9 Å². The minimum Gasteiger partial charge on any atom is -0.467 e. The summed E-state index contributed by atoms with van der Waals surface area (Å²) in [6.07, 6.45) is 32.5. The highest BCUT2D eigenvalue weighted by Gasteiger charge is 2.40. The molecule has 0 radical (unpaired) electrons. The molecule has 10 aromatic heterocycles. The minimum absolute atomic E-state index is 0.00440. The van der Waals surface area contributed by atoms with E-state index in [-0.39, 0.29) is 58.4 Å². The molecule has 2 aliphatic carbocycles.